The maximum absolute atomic E-state index is 12.4. The van der Waals surface area contributed by atoms with Crippen LogP contribution in [0.3, 0.4) is 0 Å². The third-order valence-electron chi connectivity index (χ3n) is 4.62. The summed E-state index contributed by atoms with van der Waals surface area (Å²) >= 11 is 0. The molecule has 0 spiro atoms. The van der Waals surface area contributed by atoms with Gasteiger partial charge in [0.2, 0.25) is 5.91 Å². The lowest BCUT2D eigenvalue weighted by atomic mass is 9.64. The second kappa shape index (κ2) is 6.80. The molecule has 1 fully saturated rings. The van der Waals surface area contributed by atoms with Crippen LogP contribution in [0.1, 0.15) is 53.9 Å². The van der Waals surface area contributed by atoms with Gasteiger partial charge in [0.05, 0.1) is 19.6 Å². The van der Waals surface area contributed by atoms with Crippen molar-refractivity contribution in [3.8, 4) is 6.07 Å². The van der Waals surface area contributed by atoms with E-state index in [9.17, 15) is 19.6 Å². The fourth-order valence-electron chi connectivity index (χ4n) is 3.06. The summed E-state index contributed by atoms with van der Waals surface area (Å²) in [6, 6.07) is 2.11. The van der Waals surface area contributed by atoms with Crippen molar-refractivity contribution < 1.29 is 23.9 Å². The minimum absolute atomic E-state index is 0.0417. The molecule has 0 aromatic carbocycles. The third-order valence-corrected chi connectivity index (χ3v) is 4.62. The molecule has 0 bridgehead atoms. The van der Waals surface area contributed by atoms with E-state index in [1.54, 1.807) is 34.6 Å². The summed E-state index contributed by atoms with van der Waals surface area (Å²) < 4.78 is 9.97. The van der Waals surface area contributed by atoms with Gasteiger partial charge in [0, 0.05) is 17.8 Å². The van der Waals surface area contributed by atoms with Gasteiger partial charge in [0.25, 0.3) is 0 Å². The van der Waals surface area contributed by atoms with Crippen molar-refractivity contribution in [2.45, 2.75) is 65.0 Å². The van der Waals surface area contributed by atoms with E-state index >= 15 is 0 Å². The Morgan fingerprint density at radius 3 is 2.33 bits per heavy atom. The van der Waals surface area contributed by atoms with Crippen LogP contribution in [-0.4, -0.2) is 36.1 Å². The normalized spacial score (nSPS) is 29.5. The van der Waals surface area contributed by atoms with Crippen LogP contribution in [0.15, 0.2) is 0 Å². The summed E-state index contributed by atoms with van der Waals surface area (Å²) in [5.41, 5.74) is -2.87. The van der Waals surface area contributed by atoms with E-state index in [0.29, 0.717) is 0 Å². The van der Waals surface area contributed by atoms with E-state index in [0.717, 1.165) is 0 Å². The average molecular weight is 338 g/mol. The molecule has 1 aliphatic rings. The summed E-state index contributed by atoms with van der Waals surface area (Å²) in [5, 5.41) is 12.2. The highest BCUT2D eigenvalue weighted by Crippen LogP contribution is 2.49. The van der Waals surface area contributed by atoms with Gasteiger partial charge in [-0.25, -0.2) is 0 Å². The number of carbonyl (C=O) groups excluding carboxylic acids is 3. The number of carbonyl (C=O) groups is 3. The molecule has 0 aromatic heterocycles. The number of hydrogen-bond acceptors (Lipinski definition) is 6. The number of nitriles is 1. The van der Waals surface area contributed by atoms with Gasteiger partial charge in [-0.15, -0.1) is 0 Å². The van der Waals surface area contributed by atoms with Gasteiger partial charge in [0.15, 0.2) is 0 Å². The van der Waals surface area contributed by atoms with Crippen LogP contribution in [0.2, 0.25) is 0 Å². The lowest BCUT2D eigenvalue weighted by Crippen LogP contribution is -2.49. The SMILES string of the molecule is COC(=O)CCC1C(=O)NC(C)(C#N)C1(C)CC(=O)OC(C)(C)C. The quantitative estimate of drug-likeness (QED) is 0.765. The number of amides is 1. The predicted octanol–water partition coefficient (Wildman–Crippen LogP) is 1.71. The lowest BCUT2D eigenvalue weighted by molar-refractivity contribution is -0.158. The number of esters is 2. The molecule has 7 nitrogen and oxygen atoms in total. The molecule has 1 heterocycles. The second-order valence-corrected chi connectivity index (χ2v) is 7.57. The topological polar surface area (TPSA) is 105 Å². The van der Waals surface area contributed by atoms with E-state index in [4.69, 9.17) is 4.74 Å². The molecule has 3 atom stereocenters. The molecule has 1 rings (SSSR count). The molecule has 1 amide bonds. The van der Waals surface area contributed by atoms with Crippen LogP contribution in [0.25, 0.3) is 0 Å². The maximum Gasteiger partial charge on any atom is 0.307 e. The lowest BCUT2D eigenvalue weighted by Gasteiger charge is -2.37. The van der Waals surface area contributed by atoms with E-state index in [1.807, 2.05) is 0 Å². The Bertz CT molecular complexity index is 575. The summed E-state index contributed by atoms with van der Waals surface area (Å²) in [6.45, 7) is 8.56. The van der Waals surface area contributed by atoms with Gasteiger partial charge < -0.3 is 14.8 Å². The maximum atomic E-state index is 12.4. The zero-order valence-corrected chi connectivity index (χ0v) is 15.2. The van der Waals surface area contributed by atoms with Crippen molar-refractivity contribution in [3.05, 3.63) is 0 Å². The Balaban J connectivity index is 3.08. The van der Waals surface area contributed by atoms with Gasteiger partial charge in [-0.1, -0.05) is 6.92 Å². The molecule has 1 aliphatic heterocycles. The molecule has 0 saturated carbocycles. The molecule has 1 N–H and O–H groups in total. The van der Waals surface area contributed by atoms with Crippen molar-refractivity contribution in [3.63, 3.8) is 0 Å². The Labute approximate surface area is 142 Å². The Morgan fingerprint density at radius 2 is 1.88 bits per heavy atom. The van der Waals surface area contributed by atoms with Gasteiger partial charge in [-0.05, 0) is 34.1 Å². The molecule has 134 valence electrons. The molecule has 0 aromatic rings. The van der Waals surface area contributed by atoms with Crippen molar-refractivity contribution in [1.29, 1.82) is 5.26 Å². The van der Waals surface area contributed by atoms with Crippen molar-refractivity contribution in [1.82, 2.24) is 5.32 Å². The molecular weight excluding hydrogens is 312 g/mol. The number of nitrogens with one attached hydrogen (secondary N) is 1. The van der Waals surface area contributed by atoms with Crippen molar-refractivity contribution >= 4 is 17.8 Å². The Hall–Kier alpha value is -2.10. The number of methoxy groups -OCH3 is 1. The van der Waals surface area contributed by atoms with Gasteiger partial charge in [0.1, 0.15) is 11.1 Å². The zero-order chi connectivity index (χ0) is 18.8. The number of nitrogens with zero attached hydrogens (tertiary/aromatic N) is 1. The van der Waals surface area contributed by atoms with Crippen molar-refractivity contribution in [2.24, 2.45) is 11.3 Å². The monoisotopic (exact) mass is 338 g/mol. The number of ether oxygens (including phenoxy) is 2. The van der Waals surface area contributed by atoms with Crippen LogP contribution in [0.4, 0.5) is 0 Å². The van der Waals surface area contributed by atoms with E-state index in [-0.39, 0.29) is 25.2 Å². The Kier molecular flexibility index (Phi) is 5.65. The summed E-state index contributed by atoms with van der Waals surface area (Å²) in [4.78, 5) is 36.1. The van der Waals surface area contributed by atoms with Crippen LogP contribution < -0.4 is 5.32 Å². The smallest absolute Gasteiger partial charge is 0.307 e. The first-order valence-corrected chi connectivity index (χ1v) is 7.90. The molecular formula is C17H26N2O5. The third kappa shape index (κ3) is 4.05. The van der Waals surface area contributed by atoms with Crippen LogP contribution in [-0.2, 0) is 23.9 Å². The van der Waals surface area contributed by atoms with Gasteiger partial charge in [-0.2, -0.15) is 5.26 Å². The van der Waals surface area contributed by atoms with Crippen LogP contribution in [0, 0.1) is 22.7 Å². The van der Waals surface area contributed by atoms with Gasteiger partial charge >= 0.3 is 11.9 Å². The molecule has 0 radical (unpaired) electrons. The first-order chi connectivity index (χ1) is 10.9. The number of hydrogen-bond donors (Lipinski definition) is 1. The molecule has 0 aliphatic carbocycles. The van der Waals surface area contributed by atoms with E-state index in [2.05, 4.69) is 16.1 Å². The van der Waals surface area contributed by atoms with Crippen LogP contribution >= 0.6 is 0 Å². The summed E-state index contributed by atoms with van der Waals surface area (Å²) in [5.74, 6) is -1.91. The molecule has 3 unspecified atom stereocenters. The summed E-state index contributed by atoms with van der Waals surface area (Å²) in [7, 11) is 1.27. The van der Waals surface area contributed by atoms with Crippen LogP contribution in [0.5, 0.6) is 0 Å². The first kappa shape index (κ1) is 19.9. The molecule has 1 saturated heterocycles. The average Bonchev–Trinajstić information content (AvgIpc) is 2.61. The minimum atomic E-state index is -1.22. The summed E-state index contributed by atoms with van der Waals surface area (Å²) in [6.07, 6.45) is 0.147. The largest absolute Gasteiger partial charge is 0.469 e. The highest BCUT2D eigenvalue weighted by molar-refractivity contribution is 5.86. The minimum Gasteiger partial charge on any atom is -0.469 e. The molecule has 24 heavy (non-hydrogen) atoms. The Morgan fingerprint density at radius 1 is 1.29 bits per heavy atom. The highest BCUT2D eigenvalue weighted by Gasteiger charge is 2.60. The zero-order valence-electron chi connectivity index (χ0n) is 15.2. The van der Waals surface area contributed by atoms with E-state index in [1.165, 1.54) is 7.11 Å². The fraction of sp³-hybridized carbons (Fsp3) is 0.765. The number of rotatable bonds is 5. The molecule has 7 heteroatoms. The van der Waals surface area contributed by atoms with Gasteiger partial charge in [-0.3, -0.25) is 14.4 Å². The first-order valence-electron chi connectivity index (χ1n) is 7.90. The highest BCUT2D eigenvalue weighted by atomic mass is 16.6. The second-order valence-electron chi connectivity index (χ2n) is 7.57. The van der Waals surface area contributed by atoms with Crippen molar-refractivity contribution in [2.75, 3.05) is 7.11 Å². The van der Waals surface area contributed by atoms with E-state index < -0.39 is 34.4 Å². The fourth-order valence-corrected chi connectivity index (χ4v) is 3.06. The standard InChI is InChI=1S/C17H26N2O5/c1-15(2,3)24-13(21)9-16(4)11(7-8-12(20)23-6)14(22)19-17(16,5)10-18/h11H,7-9H2,1-6H3,(H,19,22). The predicted molar refractivity (Wildman–Crippen MR) is 85.5 cm³/mol.